The van der Waals surface area contributed by atoms with Crippen LogP contribution in [0.2, 0.25) is 0 Å². The Kier molecular flexibility index (Phi) is 4.02. The van der Waals surface area contributed by atoms with Crippen molar-refractivity contribution < 1.29 is 23.8 Å². The topological polar surface area (TPSA) is 65.1 Å². The molecule has 0 aromatic carbocycles. The molecular formula is C23H34O5. The summed E-state index contributed by atoms with van der Waals surface area (Å²) >= 11 is 0. The largest absolute Gasteiger partial charge is 0.462 e. The molecule has 1 aliphatic heterocycles. The molecule has 1 heterocycles. The summed E-state index contributed by atoms with van der Waals surface area (Å²) in [5, 5.41) is 0. The van der Waals surface area contributed by atoms with Gasteiger partial charge in [0, 0.05) is 31.1 Å². The van der Waals surface area contributed by atoms with E-state index in [1.54, 1.807) is 0 Å². The zero-order valence-electron chi connectivity index (χ0n) is 17.7. The summed E-state index contributed by atoms with van der Waals surface area (Å²) in [6.45, 7) is 7.87. The Morgan fingerprint density at radius 1 is 0.929 bits per heavy atom. The van der Waals surface area contributed by atoms with Crippen molar-refractivity contribution in [1.82, 2.24) is 0 Å². The minimum atomic E-state index is -0.174. The highest BCUT2D eigenvalue weighted by Gasteiger charge is 2.76. The molecule has 0 aromatic rings. The van der Waals surface area contributed by atoms with Crippen LogP contribution in [0.25, 0.3) is 0 Å². The first-order valence-corrected chi connectivity index (χ1v) is 11.2. The average Bonchev–Trinajstić information content (AvgIpc) is 3.20. The van der Waals surface area contributed by atoms with Crippen molar-refractivity contribution in [3.63, 3.8) is 0 Å². The smallest absolute Gasteiger partial charge is 0.302 e. The van der Waals surface area contributed by atoms with Crippen LogP contribution in [0.5, 0.6) is 0 Å². The lowest BCUT2D eigenvalue weighted by atomic mass is 9.45. The molecule has 0 bridgehead atoms. The van der Waals surface area contributed by atoms with E-state index in [9.17, 15) is 9.59 Å². The van der Waals surface area contributed by atoms with Gasteiger partial charge in [-0.15, -0.1) is 0 Å². The minimum absolute atomic E-state index is 0.0146. The van der Waals surface area contributed by atoms with Crippen LogP contribution in [0.4, 0.5) is 0 Å². The minimum Gasteiger partial charge on any atom is -0.462 e. The molecule has 28 heavy (non-hydrogen) atoms. The molecule has 5 rings (SSSR count). The second-order valence-electron chi connectivity index (χ2n) is 10.7. The van der Waals surface area contributed by atoms with Crippen LogP contribution in [-0.2, 0) is 23.8 Å². The lowest BCUT2D eigenvalue weighted by Crippen LogP contribution is -2.59. The molecule has 4 saturated carbocycles. The fraction of sp³-hybridized carbons (Fsp3) is 0.913. The third-order valence-corrected chi connectivity index (χ3v) is 9.59. The Morgan fingerprint density at radius 3 is 2.39 bits per heavy atom. The normalized spacial score (nSPS) is 53.9. The van der Waals surface area contributed by atoms with Gasteiger partial charge in [0.05, 0.1) is 6.10 Å². The number of esters is 2. The molecule has 5 aliphatic rings. The maximum Gasteiger partial charge on any atom is 0.302 e. The Hall–Kier alpha value is -1.10. The van der Waals surface area contributed by atoms with Gasteiger partial charge >= 0.3 is 11.9 Å². The summed E-state index contributed by atoms with van der Waals surface area (Å²) in [6, 6.07) is 0. The number of carbonyl (C=O) groups is 2. The number of carbonyl (C=O) groups excluding carboxylic acids is 2. The van der Waals surface area contributed by atoms with E-state index >= 15 is 0 Å². The highest BCUT2D eigenvalue weighted by Crippen LogP contribution is 2.73. The standard InChI is InChI=1S/C23H34O5/c1-13(24)26-15-7-10-22(4)18-8-9-21(3)17(5-6-19(21)27-14(2)25)16(18)11-20-23(22,12-15)28-20/h15-20H,5-12H2,1-4H3/t15-,16+,17-,18-,19-,20+,21+,22-,23+/m1/s1. The monoisotopic (exact) mass is 390 g/mol. The van der Waals surface area contributed by atoms with E-state index in [4.69, 9.17) is 14.2 Å². The molecule has 5 heteroatoms. The summed E-state index contributed by atoms with van der Waals surface area (Å²) in [5.74, 6) is 1.64. The van der Waals surface area contributed by atoms with Crippen molar-refractivity contribution in [2.75, 3.05) is 0 Å². The zero-order chi connectivity index (χ0) is 19.9. The van der Waals surface area contributed by atoms with Crippen LogP contribution in [0, 0.1) is 28.6 Å². The summed E-state index contributed by atoms with van der Waals surface area (Å²) in [7, 11) is 0. The first-order chi connectivity index (χ1) is 13.2. The van der Waals surface area contributed by atoms with E-state index < -0.39 is 0 Å². The highest BCUT2D eigenvalue weighted by atomic mass is 16.6. The molecule has 5 fully saturated rings. The number of epoxide rings is 1. The summed E-state index contributed by atoms with van der Waals surface area (Å²) < 4.78 is 17.8. The fourth-order valence-corrected chi connectivity index (χ4v) is 8.32. The predicted molar refractivity (Wildman–Crippen MR) is 102 cm³/mol. The number of hydrogen-bond donors (Lipinski definition) is 0. The van der Waals surface area contributed by atoms with Gasteiger partial charge in [-0.05, 0) is 62.7 Å². The van der Waals surface area contributed by atoms with Gasteiger partial charge in [-0.1, -0.05) is 13.8 Å². The fourth-order valence-electron chi connectivity index (χ4n) is 8.32. The Balaban J connectivity index is 1.39. The van der Waals surface area contributed by atoms with Crippen LogP contribution >= 0.6 is 0 Å². The van der Waals surface area contributed by atoms with E-state index in [-0.39, 0.29) is 40.6 Å². The van der Waals surface area contributed by atoms with Crippen molar-refractivity contribution in [2.45, 2.75) is 103 Å². The molecule has 0 radical (unpaired) electrons. The molecule has 0 unspecified atom stereocenters. The molecule has 9 atom stereocenters. The van der Waals surface area contributed by atoms with E-state index in [0.717, 1.165) is 38.5 Å². The van der Waals surface area contributed by atoms with Crippen molar-refractivity contribution >= 4 is 11.9 Å². The van der Waals surface area contributed by atoms with Crippen molar-refractivity contribution in [2.24, 2.45) is 28.6 Å². The van der Waals surface area contributed by atoms with Gasteiger partial charge in [-0.25, -0.2) is 0 Å². The van der Waals surface area contributed by atoms with Crippen LogP contribution in [0.3, 0.4) is 0 Å². The van der Waals surface area contributed by atoms with Crippen LogP contribution < -0.4 is 0 Å². The van der Waals surface area contributed by atoms with Gasteiger partial charge in [0.2, 0.25) is 0 Å². The average molecular weight is 391 g/mol. The lowest BCUT2D eigenvalue weighted by molar-refractivity contribution is -0.164. The number of hydrogen-bond acceptors (Lipinski definition) is 5. The summed E-state index contributed by atoms with van der Waals surface area (Å²) in [6.07, 6.45) is 8.95. The lowest BCUT2D eigenvalue weighted by Gasteiger charge is -2.59. The number of ether oxygens (including phenoxy) is 3. The van der Waals surface area contributed by atoms with Gasteiger partial charge in [-0.2, -0.15) is 0 Å². The molecule has 0 amide bonds. The molecule has 0 N–H and O–H groups in total. The Morgan fingerprint density at radius 2 is 1.68 bits per heavy atom. The molecule has 1 saturated heterocycles. The SMILES string of the molecule is CC(=O)O[C@@H]1CC[C@]2(C)[C@@H]3CC[C@@]4(C)[C@H](CC[C@H]4OC(C)=O)[C@@H]3C[C@@H]3O[C@@]32C1. The van der Waals surface area contributed by atoms with E-state index in [1.165, 1.54) is 26.7 Å². The molecule has 4 aliphatic carbocycles. The van der Waals surface area contributed by atoms with Gasteiger partial charge in [0.25, 0.3) is 0 Å². The van der Waals surface area contributed by atoms with E-state index in [0.29, 0.717) is 23.9 Å². The van der Waals surface area contributed by atoms with Crippen LogP contribution in [0.1, 0.15) is 79.1 Å². The van der Waals surface area contributed by atoms with Gasteiger partial charge < -0.3 is 14.2 Å². The molecule has 156 valence electrons. The third kappa shape index (κ3) is 2.41. The highest BCUT2D eigenvalue weighted by molar-refractivity contribution is 5.66. The molecule has 0 aromatic heterocycles. The molecular weight excluding hydrogens is 356 g/mol. The second-order valence-corrected chi connectivity index (χ2v) is 10.7. The second kappa shape index (κ2) is 5.96. The number of rotatable bonds is 2. The van der Waals surface area contributed by atoms with Crippen LogP contribution in [0.15, 0.2) is 0 Å². The summed E-state index contributed by atoms with van der Waals surface area (Å²) in [5.41, 5.74) is 0.222. The van der Waals surface area contributed by atoms with Crippen molar-refractivity contribution in [3.8, 4) is 0 Å². The van der Waals surface area contributed by atoms with Crippen molar-refractivity contribution in [3.05, 3.63) is 0 Å². The third-order valence-electron chi connectivity index (χ3n) is 9.59. The Labute approximate surface area is 167 Å². The van der Waals surface area contributed by atoms with Gasteiger partial charge in [-0.3, -0.25) is 9.59 Å². The van der Waals surface area contributed by atoms with Crippen molar-refractivity contribution in [1.29, 1.82) is 0 Å². The van der Waals surface area contributed by atoms with E-state index in [2.05, 4.69) is 13.8 Å². The maximum absolute atomic E-state index is 11.6. The van der Waals surface area contributed by atoms with Gasteiger partial charge in [0.1, 0.15) is 17.8 Å². The first kappa shape index (κ1) is 18.9. The quantitative estimate of drug-likeness (QED) is 0.526. The van der Waals surface area contributed by atoms with Crippen LogP contribution in [-0.4, -0.2) is 35.9 Å². The first-order valence-electron chi connectivity index (χ1n) is 11.2. The van der Waals surface area contributed by atoms with E-state index in [1.807, 2.05) is 0 Å². The predicted octanol–water partition coefficient (Wildman–Crippen LogP) is 4.02. The molecule has 5 nitrogen and oxygen atoms in total. The molecule has 1 spiro atoms. The summed E-state index contributed by atoms with van der Waals surface area (Å²) in [4.78, 5) is 23.1. The maximum atomic E-state index is 11.6. The van der Waals surface area contributed by atoms with Gasteiger partial charge in [0.15, 0.2) is 0 Å². The Bertz CT molecular complexity index is 705. The number of fused-ring (bicyclic) bond motifs is 4. The zero-order valence-corrected chi connectivity index (χ0v) is 17.7.